The highest BCUT2D eigenvalue weighted by molar-refractivity contribution is 6.33. The van der Waals surface area contributed by atoms with Gasteiger partial charge in [0.05, 0.1) is 14.2 Å². The van der Waals surface area contributed by atoms with Crippen molar-refractivity contribution < 1.29 is 14.2 Å². The van der Waals surface area contributed by atoms with Gasteiger partial charge in [-0.3, -0.25) is 4.79 Å². The van der Waals surface area contributed by atoms with Gasteiger partial charge < -0.3 is 19.5 Å². The molecular weight excluding hydrogens is 394 g/mol. The summed E-state index contributed by atoms with van der Waals surface area (Å²) < 4.78 is 16.5. The monoisotopic (exact) mass is 415 g/mol. The molecule has 1 aromatic heterocycles. The number of H-pyrrole nitrogens is 1. The predicted octanol–water partition coefficient (Wildman–Crippen LogP) is 4.19. The second-order valence-corrected chi connectivity index (χ2v) is 6.64. The molecule has 3 aromatic rings. The maximum Gasteiger partial charge on any atom is 0.285 e. The average molecular weight is 416 g/mol. The Morgan fingerprint density at radius 1 is 1.10 bits per heavy atom. The molecule has 8 heteroatoms. The number of nitrogens with zero attached hydrogens (tertiary/aromatic N) is 1. The standard InChI is InChI=1S/C21H22ClN3O4/c1-13(15-7-5-4-6-8-15)29-21-19(18(22)20(26)24-25-21)23-12-14-9-10-16(27-2)17(11-14)28-3/h4-11,13H,12H2,1-3H3,(H2,23,24,26). The van der Waals surface area contributed by atoms with Crippen LogP contribution in [0.15, 0.2) is 53.3 Å². The lowest BCUT2D eigenvalue weighted by molar-refractivity contribution is 0.216. The van der Waals surface area contributed by atoms with Crippen LogP contribution >= 0.6 is 11.6 Å². The van der Waals surface area contributed by atoms with Crippen molar-refractivity contribution in [1.82, 2.24) is 10.2 Å². The van der Waals surface area contributed by atoms with E-state index < -0.39 is 5.56 Å². The Morgan fingerprint density at radius 3 is 2.52 bits per heavy atom. The number of aromatic amines is 1. The van der Waals surface area contributed by atoms with Crippen molar-refractivity contribution in [3.05, 3.63) is 75.0 Å². The molecule has 152 valence electrons. The van der Waals surface area contributed by atoms with E-state index in [0.29, 0.717) is 23.7 Å². The fourth-order valence-electron chi connectivity index (χ4n) is 2.79. The summed E-state index contributed by atoms with van der Waals surface area (Å²) in [5.41, 5.74) is 1.71. The van der Waals surface area contributed by atoms with Gasteiger partial charge in [-0.2, -0.15) is 0 Å². The van der Waals surface area contributed by atoms with E-state index in [1.54, 1.807) is 14.2 Å². The summed E-state index contributed by atoms with van der Waals surface area (Å²) in [4.78, 5) is 12.0. The maximum atomic E-state index is 12.0. The van der Waals surface area contributed by atoms with Crippen LogP contribution in [0.1, 0.15) is 24.2 Å². The van der Waals surface area contributed by atoms with Gasteiger partial charge in [0.2, 0.25) is 0 Å². The molecule has 7 nitrogen and oxygen atoms in total. The third-order valence-corrected chi connectivity index (χ3v) is 4.73. The minimum atomic E-state index is -0.499. The molecule has 2 N–H and O–H groups in total. The molecule has 0 aliphatic carbocycles. The quantitative estimate of drug-likeness (QED) is 0.573. The van der Waals surface area contributed by atoms with Crippen LogP contribution in [-0.2, 0) is 6.54 Å². The number of nitrogens with one attached hydrogen (secondary N) is 2. The van der Waals surface area contributed by atoms with Crippen LogP contribution in [0, 0.1) is 0 Å². The maximum absolute atomic E-state index is 12.0. The Balaban J connectivity index is 1.83. The molecule has 0 bridgehead atoms. The van der Waals surface area contributed by atoms with E-state index >= 15 is 0 Å². The molecule has 1 atom stereocenters. The molecule has 0 fully saturated rings. The summed E-state index contributed by atoms with van der Waals surface area (Å²) in [6, 6.07) is 15.2. The van der Waals surface area contributed by atoms with Gasteiger partial charge in [0.25, 0.3) is 11.4 Å². The van der Waals surface area contributed by atoms with Gasteiger partial charge in [-0.05, 0) is 30.2 Å². The van der Waals surface area contributed by atoms with Gasteiger partial charge in [0.1, 0.15) is 16.8 Å². The Hall–Kier alpha value is -3.19. The van der Waals surface area contributed by atoms with Crippen LogP contribution < -0.4 is 25.1 Å². The Kier molecular flexibility index (Phi) is 6.61. The number of hydrogen-bond acceptors (Lipinski definition) is 6. The van der Waals surface area contributed by atoms with Crippen LogP contribution in [0.25, 0.3) is 0 Å². The number of anilines is 1. The molecule has 2 aromatic carbocycles. The van der Waals surface area contributed by atoms with Gasteiger partial charge in [-0.25, -0.2) is 5.10 Å². The summed E-state index contributed by atoms with van der Waals surface area (Å²) in [5, 5.41) is 9.52. The predicted molar refractivity (Wildman–Crippen MR) is 112 cm³/mol. The Morgan fingerprint density at radius 2 is 1.83 bits per heavy atom. The fraction of sp³-hybridized carbons (Fsp3) is 0.238. The first-order valence-corrected chi connectivity index (χ1v) is 9.35. The number of rotatable bonds is 8. The van der Waals surface area contributed by atoms with Gasteiger partial charge in [-0.1, -0.05) is 48.0 Å². The highest BCUT2D eigenvalue weighted by Gasteiger charge is 2.17. The minimum absolute atomic E-state index is 0.0178. The molecule has 0 saturated carbocycles. The van der Waals surface area contributed by atoms with E-state index in [-0.39, 0.29) is 17.0 Å². The van der Waals surface area contributed by atoms with E-state index in [0.717, 1.165) is 11.1 Å². The minimum Gasteiger partial charge on any atom is -0.493 e. The Labute approximate surface area is 173 Å². The smallest absolute Gasteiger partial charge is 0.285 e. The number of halogens is 1. The fourth-order valence-corrected chi connectivity index (χ4v) is 2.98. The Bertz CT molecular complexity index is 1020. The van der Waals surface area contributed by atoms with Gasteiger partial charge in [0.15, 0.2) is 11.5 Å². The number of methoxy groups -OCH3 is 2. The molecule has 0 spiro atoms. The van der Waals surface area contributed by atoms with Crippen molar-refractivity contribution in [2.45, 2.75) is 19.6 Å². The van der Waals surface area contributed by atoms with Crippen molar-refractivity contribution in [2.24, 2.45) is 0 Å². The summed E-state index contributed by atoms with van der Waals surface area (Å²) >= 11 is 6.23. The zero-order valence-corrected chi connectivity index (χ0v) is 17.1. The first-order valence-electron chi connectivity index (χ1n) is 8.98. The van der Waals surface area contributed by atoms with Gasteiger partial charge in [0, 0.05) is 6.54 Å². The second-order valence-electron chi connectivity index (χ2n) is 6.26. The highest BCUT2D eigenvalue weighted by atomic mass is 35.5. The van der Waals surface area contributed by atoms with Crippen LogP contribution in [0.5, 0.6) is 17.4 Å². The topological polar surface area (TPSA) is 85.5 Å². The lowest BCUT2D eigenvalue weighted by Gasteiger charge is -2.18. The average Bonchev–Trinajstić information content (AvgIpc) is 2.76. The molecule has 1 unspecified atom stereocenters. The van der Waals surface area contributed by atoms with Crippen molar-refractivity contribution in [3.63, 3.8) is 0 Å². The molecule has 1 heterocycles. The van der Waals surface area contributed by atoms with Gasteiger partial charge >= 0.3 is 0 Å². The molecular formula is C21H22ClN3O4. The zero-order chi connectivity index (χ0) is 20.8. The lowest BCUT2D eigenvalue weighted by Crippen LogP contribution is -2.16. The van der Waals surface area contributed by atoms with Crippen molar-refractivity contribution in [2.75, 3.05) is 19.5 Å². The van der Waals surface area contributed by atoms with Crippen molar-refractivity contribution in [1.29, 1.82) is 0 Å². The molecule has 0 saturated heterocycles. The third kappa shape index (κ3) is 4.81. The summed E-state index contributed by atoms with van der Waals surface area (Å²) in [6.45, 7) is 2.27. The summed E-state index contributed by atoms with van der Waals surface area (Å²) in [6.07, 6.45) is -0.285. The van der Waals surface area contributed by atoms with E-state index in [1.165, 1.54) is 0 Å². The number of benzene rings is 2. The van der Waals surface area contributed by atoms with E-state index in [2.05, 4.69) is 15.5 Å². The molecule has 0 radical (unpaired) electrons. The number of aromatic nitrogens is 2. The van der Waals surface area contributed by atoms with E-state index in [1.807, 2.05) is 55.5 Å². The molecule has 0 aliphatic heterocycles. The van der Waals surface area contributed by atoms with E-state index in [9.17, 15) is 4.79 Å². The largest absolute Gasteiger partial charge is 0.493 e. The van der Waals surface area contributed by atoms with Crippen LogP contribution in [0.3, 0.4) is 0 Å². The second kappa shape index (κ2) is 9.34. The highest BCUT2D eigenvalue weighted by Crippen LogP contribution is 2.32. The molecule has 3 rings (SSSR count). The lowest BCUT2D eigenvalue weighted by atomic mass is 10.1. The van der Waals surface area contributed by atoms with Crippen molar-refractivity contribution >= 4 is 17.3 Å². The first-order chi connectivity index (χ1) is 14.0. The van der Waals surface area contributed by atoms with Gasteiger partial charge in [-0.15, -0.1) is 5.10 Å². The van der Waals surface area contributed by atoms with E-state index in [4.69, 9.17) is 25.8 Å². The van der Waals surface area contributed by atoms with Crippen molar-refractivity contribution in [3.8, 4) is 17.4 Å². The zero-order valence-electron chi connectivity index (χ0n) is 16.4. The van der Waals surface area contributed by atoms with Crippen LogP contribution in [0.4, 0.5) is 5.69 Å². The summed E-state index contributed by atoms with van der Waals surface area (Å²) in [5.74, 6) is 1.45. The SMILES string of the molecule is COc1ccc(CNc2c(OC(C)c3ccccc3)n[nH]c(=O)c2Cl)cc1OC. The molecule has 0 amide bonds. The molecule has 0 aliphatic rings. The third-order valence-electron chi connectivity index (χ3n) is 4.37. The van der Waals surface area contributed by atoms with Crippen LogP contribution in [0.2, 0.25) is 5.02 Å². The number of hydrogen-bond donors (Lipinski definition) is 2. The number of ether oxygens (including phenoxy) is 3. The summed E-state index contributed by atoms with van der Waals surface area (Å²) in [7, 11) is 3.15. The van der Waals surface area contributed by atoms with Crippen LogP contribution in [-0.4, -0.2) is 24.4 Å². The molecule has 29 heavy (non-hydrogen) atoms. The first kappa shape index (κ1) is 20.5. The normalized spacial score (nSPS) is 11.6.